The first-order valence-electron chi connectivity index (χ1n) is 14.3. The van der Waals surface area contributed by atoms with Gasteiger partial charge in [0.25, 0.3) is 0 Å². The molecule has 0 radical (unpaired) electrons. The summed E-state index contributed by atoms with van der Waals surface area (Å²) in [5.74, 6) is 0.492. The number of allylic oxidation sites excluding steroid dienone is 1. The average molecular weight is 564 g/mol. The first kappa shape index (κ1) is 34.5. The van der Waals surface area contributed by atoms with E-state index in [1.165, 1.54) is 10.4 Å². The Morgan fingerprint density at radius 3 is 1.54 bits per heavy atom. The third kappa shape index (κ3) is 8.74. The van der Waals surface area contributed by atoms with Gasteiger partial charge in [0.05, 0.1) is 18.2 Å². The molecule has 0 heterocycles. The van der Waals surface area contributed by atoms with Gasteiger partial charge in [0.1, 0.15) is 8.07 Å². The van der Waals surface area contributed by atoms with E-state index in [9.17, 15) is 0 Å². The Labute approximate surface area is 234 Å². The number of nitrogens with two attached hydrogens (primary N) is 1. The van der Waals surface area contributed by atoms with Crippen molar-refractivity contribution in [2.45, 2.75) is 137 Å². The summed E-state index contributed by atoms with van der Waals surface area (Å²) in [5, 5.41) is 3.18. The van der Waals surface area contributed by atoms with E-state index in [1.54, 1.807) is 0 Å². The maximum absolute atomic E-state index is 7.24. The highest BCUT2D eigenvalue weighted by Gasteiger charge is 2.46. The summed E-state index contributed by atoms with van der Waals surface area (Å²) in [7, 11) is -5.86. The fourth-order valence-electron chi connectivity index (χ4n) is 4.20. The Morgan fingerprint density at radius 2 is 1.16 bits per heavy atom. The van der Waals surface area contributed by atoms with Crippen molar-refractivity contribution in [2.75, 3.05) is 0 Å². The number of rotatable bonds is 11. The highest BCUT2D eigenvalue weighted by molar-refractivity contribution is 6.95. The van der Waals surface area contributed by atoms with E-state index < -0.39 is 24.7 Å². The molecule has 6 heteroatoms. The van der Waals surface area contributed by atoms with E-state index >= 15 is 0 Å². The second-order valence-corrected chi connectivity index (χ2v) is 29.3. The molecule has 0 amide bonds. The summed E-state index contributed by atoms with van der Waals surface area (Å²) >= 11 is 0. The van der Waals surface area contributed by atoms with Crippen LogP contribution in [0.1, 0.15) is 69.2 Å². The summed E-state index contributed by atoms with van der Waals surface area (Å²) in [6.45, 7) is 37.2. The summed E-state index contributed by atoms with van der Waals surface area (Å²) in [6.07, 6.45) is 2.32. The summed E-state index contributed by atoms with van der Waals surface area (Å²) in [4.78, 5) is 0. The van der Waals surface area contributed by atoms with Crippen LogP contribution in [0.15, 0.2) is 41.6 Å². The zero-order chi connectivity index (χ0) is 29.2. The van der Waals surface area contributed by atoms with E-state index in [2.05, 4.69) is 145 Å². The molecule has 1 rings (SSSR count). The van der Waals surface area contributed by atoms with E-state index in [0.29, 0.717) is 5.92 Å². The Balaban J connectivity index is 3.53. The van der Waals surface area contributed by atoms with Crippen molar-refractivity contribution in [3.05, 3.63) is 41.6 Å². The van der Waals surface area contributed by atoms with Crippen molar-refractivity contribution < 1.29 is 8.85 Å². The predicted octanol–water partition coefficient (Wildman–Crippen LogP) is 8.49. The molecule has 0 aromatic heterocycles. The van der Waals surface area contributed by atoms with Crippen LogP contribution in [0.25, 0.3) is 0 Å². The maximum Gasteiger partial charge on any atom is 0.192 e. The van der Waals surface area contributed by atoms with Gasteiger partial charge in [0.15, 0.2) is 16.6 Å². The number of hydrogen-bond acceptors (Lipinski definition) is 3. The lowest BCUT2D eigenvalue weighted by Gasteiger charge is -2.47. The van der Waals surface area contributed by atoms with Gasteiger partial charge in [-0.2, -0.15) is 0 Å². The molecule has 0 spiro atoms. The Bertz CT molecular complexity index is 880. The van der Waals surface area contributed by atoms with Crippen molar-refractivity contribution in [1.82, 2.24) is 0 Å². The van der Waals surface area contributed by atoms with Gasteiger partial charge in [-0.15, -0.1) is 0 Å². The molecule has 0 aliphatic heterocycles. The van der Waals surface area contributed by atoms with Crippen LogP contribution >= 0.6 is 0 Å². The van der Waals surface area contributed by atoms with Crippen LogP contribution in [-0.4, -0.2) is 43.0 Å². The number of benzene rings is 1. The van der Waals surface area contributed by atoms with Crippen molar-refractivity contribution >= 4 is 29.9 Å². The van der Waals surface area contributed by atoms with E-state index in [1.807, 2.05) is 0 Å². The molecule has 1 aromatic rings. The molecule has 0 aliphatic rings. The van der Waals surface area contributed by atoms with Gasteiger partial charge in [-0.25, -0.2) is 0 Å². The van der Waals surface area contributed by atoms with Crippen molar-refractivity contribution in [1.29, 1.82) is 0 Å². The standard InChI is InChI=1S/C31H61NO2Si3/c1-23(2)28(33-36(13,14)30(5,6)7)27(32)29(34-37(15,16)31(8,9)10)24(3)22-25(4)35(11,12)26-20-18-17-19-21-26/h17-24,27-29H,32H2,1-16H3/b25-22+/t24-,27-,28-,29-/m1/s1. The monoisotopic (exact) mass is 563 g/mol. The molecule has 0 unspecified atom stereocenters. The van der Waals surface area contributed by atoms with Gasteiger partial charge in [-0.1, -0.05) is 122 Å². The highest BCUT2D eigenvalue weighted by Crippen LogP contribution is 2.41. The van der Waals surface area contributed by atoms with E-state index in [-0.39, 0.29) is 34.2 Å². The highest BCUT2D eigenvalue weighted by atomic mass is 28.4. The molecule has 3 nitrogen and oxygen atoms in total. The second-order valence-electron chi connectivity index (χ2n) is 15.2. The third-order valence-electron chi connectivity index (χ3n) is 9.40. The quantitative estimate of drug-likeness (QED) is 0.275. The lowest BCUT2D eigenvalue weighted by Crippen LogP contribution is -2.59. The van der Waals surface area contributed by atoms with Gasteiger partial charge in [0, 0.05) is 5.92 Å². The molecule has 0 saturated heterocycles. The molecule has 1 aromatic carbocycles. The first-order chi connectivity index (χ1) is 16.5. The molecule has 0 aliphatic carbocycles. The molecular weight excluding hydrogens is 503 g/mol. The molecule has 0 saturated carbocycles. The largest absolute Gasteiger partial charge is 0.412 e. The minimum absolute atomic E-state index is 0.0498. The van der Waals surface area contributed by atoms with Gasteiger partial charge in [-0.3, -0.25) is 0 Å². The van der Waals surface area contributed by atoms with Gasteiger partial charge >= 0.3 is 0 Å². The van der Waals surface area contributed by atoms with Gasteiger partial charge < -0.3 is 14.6 Å². The molecular formula is C31H61NO2Si3. The summed E-state index contributed by atoms with van der Waals surface area (Å²) in [5.41, 5.74) is 7.24. The van der Waals surface area contributed by atoms with Crippen molar-refractivity contribution in [3.63, 3.8) is 0 Å². The van der Waals surface area contributed by atoms with Crippen LogP contribution in [0.2, 0.25) is 49.4 Å². The normalized spacial score (nSPS) is 18.1. The topological polar surface area (TPSA) is 44.5 Å². The Kier molecular flexibility index (Phi) is 11.5. The first-order valence-corrected chi connectivity index (χ1v) is 23.1. The summed E-state index contributed by atoms with van der Waals surface area (Å²) < 4.78 is 14.2. The van der Waals surface area contributed by atoms with Crippen LogP contribution in [-0.2, 0) is 8.85 Å². The second kappa shape index (κ2) is 12.3. The minimum atomic E-state index is -2.07. The zero-order valence-electron chi connectivity index (χ0n) is 27.2. The van der Waals surface area contributed by atoms with Crippen LogP contribution in [0, 0.1) is 11.8 Å². The van der Waals surface area contributed by atoms with Crippen molar-refractivity contribution in [3.8, 4) is 0 Å². The predicted molar refractivity (Wildman–Crippen MR) is 173 cm³/mol. The molecule has 4 atom stereocenters. The SMILES string of the molecule is C/C(=C\[C@@H](C)[C@@H](O[Si](C)(C)C(C)(C)C)[C@H](N)[C@H](O[Si](C)(C)C(C)(C)C)C(C)C)[Si](C)(C)c1ccccc1. The van der Waals surface area contributed by atoms with E-state index in [0.717, 1.165) is 0 Å². The zero-order valence-corrected chi connectivity index (χ0v) is 30.2. The lowest BCUT2D eigenvalue weighted by molar-refractivity contribution is 0.0276. The molecule has 0 fully saturated rings. The molecule has 214 valence electrons. The third-order valence-corrected chi connectivity index (χ3v) is 22.3. The molecule has 0 bridgehead atoms. The number of hydrogen-bond donors (Lipinski definition) is 1. The minimum Gasteiger partial charge on any atom is -0.412 e. The van der Waals surface area contributed by atoms with E-state index in [4.69, 9.17) is 14.6 Å². The molecule has 37 heavy (non-hydrogen) atoms. The smallest absolute Gasteiger partial charge is 0.192 e. The van der Waals surface area contributed by atoms with Gasteiger partial charge in [0.2, 0.25) is 0 Å². The molecule has 2 N–H and O–H groups in total. The van der Waals surface area contributed by atoms with Gasteiger partial charge in [-0.05, 0) is 49.1 Å². The van der Waals surface area contributed by atoms with Crippen LogP contribution in [0.4, 0.5) is 0 Å². The lowest BCUT2D eigenvalue weighted by atomic mass is 9.89. The van der Waals surface area contributed by atoms with Crippen LogP contribution in [0.3, 0.4) is 0 Å². The average Bonchev–Trinajstić information content (AvgIpc) is 2.74. The Hall–Kier alpha value is -0.509. The fraction of sp³-hybridized carbons (Fsp3) is 0.742. The van der Waals surface area contributed by atoms with Crippen LogP contribution in [0.5, 0.6) is 0 Å². The Morgan fingerprint density at radius 1 is 0.757 bits per heavy atom. The fourth-order valence-corrected chi connectivity index (χ4v) is 9.23. The van der Waals surface area contributed by atoms with Crippen LogP contribution < -0.4 is 10.9 Å². The maximum atomic E-state index is 7.24. The van der Waals surface area contributed by atoms with Crippen molar-refractivity contribution in [2.24, 2.45) is 17.6 Å². The summed E-state index contributed by atoms with van der Waals surface area (Å²) in [6, 6.07) is 10.8.